The summed E-state index contributed by atoms with van der Waals surface area (Å²) in [6.45, 7) is 4.55. The number of benzene rings is 1. The molecular weight excluding hydrogens is 250 g/mol. The molecule has 0 radical (unpaired) electrons. The van der Waals surface area contributed by atoms with E-state index in [1.165, 1.54) is 0 Å². The van der Waals surface area contributed by atoms with E-state index in [1.807, 2.05) is 44.2 Å². The van der Waals surface area contributed by atoms with Crippen LogP contribution >= 0.6 is 0 Å². The fourth-order valence-electron chi connectivity index (χ4n) is 1.98. The lowest BCUT2D eigenvalue weighted by Gasteiger charge is -2.26. The van der Waals surface area contributed by atoms with Crippen molar-refractivity contribution in [1.29, 1.82) is 0 Å². The van der Waals surface area contributed by atoms with Gasteiger partial charge in [-0.1, -0.05) is 30.3 Å². The Kier molecular flexibility index (Phi) is 4.35. The topological polar surface area (TPSA) is 59.2 Å². The fourth-order valence-corrected chi connectivity index (χ4v) is 1.98. The summed E-state index contributed by atoms with van der Waals surface area (Å²) in [5.41, 5.74) is 7.74. The molecule has 4 nitrogen and oxygen atoms in total. The van der Waals surface area contributed by atoms with Crippen LogP contribution in [-0.4, -0.2) is 21.8 Å². The Morgan fingerprint density at radius 3 is 2.55 bits per heavy atom. The third kappa shape index (κ3) is 3.35. The van der Waals surface area contributed by atoms with Gasteiger partial charge in [-0.2, -0.15) is 0 Å². The summed E-state index contributed by atoms with van der Waals surface area (Å²) in [5, 5.41) is 0. The van der Waals surface area contributed by atoms with E-state index in [0.717, 1.165) is 5.56 Å². The smallest absolute Gasteiger partial charge is 0.273 e. The van der Waals surface area contributed by atoms with Gasteiger partial charge in [-0.3, -0.25) is 9.78 Å². The first kappa shape index (κ1) is 14.1. The van der Waals surface area contributed by atoms with Gasteiger partial charge in [0, 0.05) is 24.5 Å². The molecule has 0 fully saturated rings. The third-order valence-corrected chi connectivity index (χ3v) is 3.08. The highest BCUT2D eigenvalue weighted by atomic mass is 16.2. The Morgan fingerprint density at radius 2 is 1.95 bits per heavy atom. The summed E-state index contributed by atoms with van der Waals surface area (Å²) in [6, 6.07) is 13.3. The van der Waals surface area contributed by atoms with Crippen molar-refractivity contribution in [2.45, 2.75) is 26.4 Å². The van der Waals surface area contributed by atoms with Crippen molar-refractivity contribution >= 4 is 11.6 Å². The molecule has 1 aromatic heterocycles. The molecule has 0 bridgehead atoms. The van der Waals surface area contributed by atoms with Crippen molar-refractivity contribution < 1.29 is 4.79 Å². The predicted molar refractivity (Wildman–Crippen MR) is 80.1 cm³/mol. The molecule has 2 aromatic rings. The Bertz CT molecular complexity index is 581. The van der Waals surface area contributed by atoms with Gasteiger partial charge in [0.05, 0.1) is 0 Å². The molecule has 0 unspecified atom stereocenters. The maximum absolute atomic E-state index is 12.6. The molecular formula is C16H19N3O. The third-order valence-electron chi connectivity index (χ3n) is 3.08. The van der Waals surface area contributed by atoms with Crippen LogP contribution in [-0.2, 0) is 6.54 Å². The maximum atomic E-state index is 12.6. The van der Waals surface area contributed by atoms with E-state index < -0.39 is 0 Å². The largest absolute Gasteiger partial charge is 0.399 e. The minimum Gasteiger partial charge on any atom is -0.399 e. The maximum Gasteiger partial charge on any atom is 0.273 e. The molecule has 0 saturated heterocycles. The second-order valence-corrected chi connectivity index (χ2v) is 4.99. The van der Waals surface area contributed by atoms with E-state index in [1.54, 1.807) is 23.2 Å². The zero-order valence-electron chi connectivity index (χ0n) is 11.8. The number of hydrogen-bond donors (Lipinski definition) is 1. The van der Waals surface area contributed by atoms with E-state index in [9.17, 15) is 4.79 Å². The van der Waals surface area contributed by atoms with Crippen LogP contribution in [0.2, 0.25) is 0 Å². The average Bonchev–Trinajstić information content (AvgIpc) is 2.45. The van der Waals surface area contributed by atoms with Crippen LogP contribution in [0.4, 0.5) is 5.69 Å². The number of carbonyl (C=O) groups is 1. The molecule has 0 saturated carbocycles. The zero-order valence-corrected chi connectivity index (χ0v) is 11.8. The number of nitrogens with two attached hydrogens (primary N) is 1. The summed E-state index contributed by atoms with van der Waals surface area (Å²) in [6.07, 6.45) is 1.56. The van der Waals surface area contributed by atoms with Crippen molar-refractivity contribution in [2.75, 3.05) is 5.73 Å². The Hall–Kier alpha value is -2.36. The quantitative estimate of drug-likeness (QED) is 0.928. The average molecular weight is 269 g/mol. The number of amides is 1. The number of carbonyl (C=O) groups excluding carboxylic acids is 1. The van der Waals surface area contributed by atoms with Crippen molar-refractivity contribution in [1.82, 2.24) is 9.88 Å². The Labute approximate surface area is 119 Å². The number of hydrogen-bond acceptors (Lipinski definition) is 3. The zero-order chi connectivity index (χ0) is 14.5. The second kappa shape index (κ2) is 6.19. The van der Waals surface area contributed by atoms with Gasteiger partial charge in [0.15, 0.2) is 0 Å². The number of anilines is 1. The number of rotatable bonds is 4. The summed E-state index contributed by atoms with van der Waals surface area (Å²) >= 11 is 0. The van der Waals surface area contributed by atoms with Gasteiger partial charge in [-0.05, 0) is 31.5 Å². The van der Waals surface area contributed by atoms with Gasteiger partial charge in [-0.25, -0.2) is 0 Å². The second-order valence-electron chi connectivity index (χ2n) is 4.99. The van der Waals surface area contributed by atoms with Gasteiger partial charge in [0.1, 0.15) is 5.69 Å². The minimum atomic E-state index is -0.101. The van der Waals surface area contributed by atoms with E-state index in [-0.39, 0.29) is 11.9 Å². The van der Waals surface area contributed by atoms with E-state index in [4.69, 9.17) is 5.73 Å². The standard InChI is InChI=1S/C16H19N3O/c1-12(2)19(11-13-6-4-3-5-7-13)16(20)15-10-14(17)8-9-18-15/h3-10,12H,11H2,1-2H3,(H2,17,18). The summed E-state index contributed by atoms with van der Waals surface area (Å²) in [5.74, 6) is -0.101. The van der Waals surface area contributed by atoms with E-state index >= 15 is 0 Å². The highest BCUT2D eigenvalue weighted by Crippen LogP contribution is 2.13. The Morgan fingerprint density at radius 1 is 1.25 bits per heavy atom. The summed E-state index contributed by atoms with van der Waals surface area (Å²) in [7, 11) is 0. The number of pyridine rings is 1. The number of nitrogen functional groups attached to an aromatic ring is 1. The molecule has 20 heavy (non-hydrogen) atoms. The first-order valence-electron chi connectivity index (χ1n) is 6.64. The van der Waals surface area contributed by atoms with Gasteiger partial charge in [0.2, 0.25) is 0 Å². The predicted octanol–water partition coefficient (Wildman–Crippen LogP) is 2.71. The van der Waals surface area contributed by atoms with Gasteiger partial charge in [-0.15, -0.1) is 0 Å². The van der Waals surface area contributed by atoms with Crippen LogP contribution in [0.1, 0.15) is 29.9 Å². The Balaban J connectivity index is 2.23. The van der Waals surface area contributed by atoms with Crippen LogP contribution in [0.25, 0.3) is 0 Å². The minimum absolute atomic E-state index is 0.0888. The SMILES string of the molecule is CC(C)N(Cc1ccccc1)C(=O)c1cc(N)ccn1. The molecule has 0 aliphatic carbocycles. The van der Waals surface area contributed by atoms with Crippen molar-refractivity contribution in [3.05, 3.63) is 59.9 Å². The van der Waals surface area contributed by atoms with Crippen LogP contribution in [0, 0.1) is 0 Å². The highest BCUT2D eigenvalue weighted by Gasteiger charge is 2.20. The molecule has 0 atom stereocenters. The van der Waals surface area contributed by atoms with Crippen molar-refractivity contribution in [3.8, 4) is 0 Å². The van der Waals surface area contributed by atoms with Crippen molar-refractivity contribution in [3.63, 3.8) is 0 Å². The van der Waals surface area contributed by atoms with E-state index in [0.29, 0.717) is 17.9 Å². The highest BCUT2D eigenvalue weighted by molar-refractivity contribution is 5.93. The lowest BCUT2D eigenvalue weighted by atomic mass is 10.1. The first-order valence-corrected chi connectivity index (χ1v) is 6.64. The molecule has 104 valence electrons. The van der Waals surface area contributed by atoms with Crippen LogP contribution < -0.4 is 5.73 Å². The first-order chi connectivity index (χ1) is 9.58. The molecule has 1 heterocycles. The lowest BCUT2D eigenvalue weighted by Crippen LogP contribution is -2.36. The molecule has 1 amide bonds. The van der Waals surface area contributed by atoms with Crippen LogP contribution in [0.15, 0.2) is 48.7 Å². The molecule has 2 N–H and O–H groups in total. The molecule has 2 rings (SSSR count). The molecule has 0 aliphatic rings. The van der Waals surface area contributed by atoms with Crippen molar-refractivity contribution in [2.24, 2.45) is 0 Å². The summed E-state index contributed by atoms with van der Waals surface area (Å²) < 4.78 is 0. The van der Waals surface area contributed by atoms with E-state index in [2.05, 4.69) is 4.98 Å². The summed E-state index contributed by atoms with van der Waals surface area (Å²) in [4.78, 5) is 18.5. The van der Waals surface area contributed by atoms with Crippen LogP contribution in [0.5, 0.6) is 0 Å². The number of nitrogens with zero attached hydrogens (tertiary/aromatic N) is 2. The fraction of sp³-hybridized carbons (Fsp3) is 0.250. The van der Waals surface area contributed by atoms with Gasteiger partial charge in [0.25, 0.3) is 5.91 Å². The lowest BCUT2D eigenvalue weighted by molar-refractivity contribution is 0.0684. The molecule has 0 aliphatic heterocycles. The molecule has 1 aromatic carbocycles. The monoisotopic (exact) mass is 269 g/mol. The van der Waals surface area contributed by atoms with Gasteiger partial charge < -0.3 is 10.6 Å². The number of aromatic nitrogens is 1. The van der Waals surface area contributed by atoms with Crippen LogP contribution in [0.3, 0.4) is 0 Å². The van der Waals surface area contributed by atoms with Gasteiger partial charge >= 0.3 is 0 Å². The normalized spacial score (nSPS) is 10.6. The molecule has 0 spiro atoms. The molecule has 4 heteroatoms.